The van der Waals surface area contributed by atoms with Crippen LogP contribution >= 0.6 is 0 Å². The maximum absolute atomic E-state index is 13.6. The summed E-state index contributed by atoms with van der Waals surface area (Å²) < 4.78 is 31.7. The van der Waals surface area contributed by atoms with Crippen molar-refractivity contribution in [3.8, 4) is 0 Å². The third kappa shape index (κ3) is 5.78. The lowest BCUT2D eigenvalue weighted by Gasteiger charge is -2.30. The minimum absolute atomic E-state index is 0.175. The van der Waals surface area contributed by atoms with Crippen LogP contribution in [0.25, 0.3) is 0 Å². The third-order valence-electron chi connectivity index (χ3n) is 5.97. The number of imide groups is 1. The molecule has 7 heteroatoms. The highest BCUT2D eigenvalue weighted by Gasteiger charge is 2.38. The Morgan fingerprint density at radius 1 is 0.941 bits per heavy atom. The summed E-state index contributed by atoms with van der Waals surface area (Å²) in [6, 6.07) is 21.3. The second kappa shape index (κ2) is 10.9. The van der Waals surface area contributed by atoms with Gasteiger partial charge in [-0.25, -0.2) is 18.5 Å². The smallest absolute Gasteiger partial charge is 0.416 e. The van der Waals surface area contributed by atoms with Crippen molar-refractivity contribution >= 4 is 17.7 Å². The van der Waals surface area contributed by atoms with Crippen LogP contribution in [0, 0.1) is 17.6 Å². The van der Waals surface area contributed by atoms with Crippen LogP contribution in [-0.4, -0.2) is 30.1 Å². The number of carbonyl (C=O) groups is 2. The molecule has 2 amide bonds. The normalized spacial score (nSPS) is 15.0. The monoisotopic (exact) mass is 464 g/mol. The van der Waals surface area contributed by atoms with E-state index in [-0.39, 0.29) is 30.7 Å². The van der Waals surface area contributed by atoms with Gasteiger partial charge in [-0.15, -0.1) is 0 Å². The molecule has 0 bridgehead atoms. The van der Waals surface area contributed by atoms with E-state index in [9.17, 15) is 18.4 Å². The molecule has 0 aromatic heterocycles. The molecule has 2 atom stereocenters. The molecule has 0 radical (unpaired) electrons. The molecule has 0 aliphatic carbocycles. The zero-order valence-corrected chi connectivity index (χ0v) is 18.6. The molecule has 3 aromatic carbocycles. The highest BCUT2D eigenvalue weighted by molar-refractivity contribution is 5.94. The summed E-state index contributed by atoms with van der Waals surface area (Å²) in [6.45, 7) is 0.387. The first-order valence-electron chi connectivity index (χ1n) is 11.3. The van der Waals surface area contributed by atoms with Gasteiger partial charge in [0.05, 0.1) is 18.5 Å². The van der Waals surface area contributed by atoms with Crippen molar-refractivity contribution in [2.24, 2.45) is 5.92 Å². The summed E-state index contributed by atoms with van der Waals surface area (Å²) in [6.07, 6.45) is 1.15. The number of hydrogen-bond donors (Lipinski definition) is 1. The standard InChI is InChI=1S/C27H26F2N2O3/c28-21-11-9-19(10-12-21)5-4-8-24(26(32)31-17-18-34-27(31)33)25(20-6-2-1-3-7-20)30-23-15-13-22(29)14-16-23/h1-3,6-7,9-16,24-25,30H,4-5,8,17-18H2/t24-,25-/m1/s1. The first kappa shape index (κ1) is 23.4. The maximum atomic E-state index is 13.6. The Morgan fingerprint density at radius 2 is 1.59 bits per heavy atom. The number of aryl methyl sites for hydroxylation is 1. The van der Waals surface area contributed by atoms with Crippen molar-refractivity contribution in [1.29, 1.82) is 0 Å². The van der Waals surface area contributed by atoms with Gasteiger partial charge in [-0.3, -0.25) is 4.79 Å². The zero-order valence-electron chi connectivity index (χ0n) is 18.6. The zero-order chi connectivity index (χ0) is 23.9. The number of benzene rings is 3. The molecule has 0 saturated carbocycles. The van der Waals surface area contributed by atoms with E-state index in [1.807, 2.05) is 30.3 Å². The summed E-state index contributed by atoms with van der Waals surface area (Å²) in [5.41, 5.74) is 2.51. The Kier molecular flexibility index (Phi) is 7.52. The Labute approximate surface area is 197 Å². The summed E-state index contributed by atoms with van der Waals surface area (Å²) in [5, 5.41) is 3.38. The molecule has 5 nitrogen and oxygen atoms in total. The largest absolute Gasteiger partial charge is 0.447 e. The predicted molar refractivity (Wildman–Crippen MR) is 125 cm³/mol. The number of carbonyl (C=O) groups excluding carboxylic acids is 2. The van der Waals surface area contributed by atoms with Crippen LogP contribution in [0.4, 0.5) is 19.3 Å². The maximum Gasteiger partial charge on any atom is 0.416 e. The Bertz CT molecular complexity index is 1100. The summed E-state index contributed by atoms with van der Waals surface area (Å²) in [5.74, 6) is -1.55. The van der Waals surface area contributed by atoms with E-state index in [0.717, 1.165) is 16.0 Å². The molecule has 1 saturated heterocycles. The van der Waals surface area contributed by atoms with Gasteiger partial charge >= 0.3 is 6.09 Å². The van der Waals surface area contributed by atoms with Crippen molar-refractivity contribution in [2.45, 2.75) is 25.3 Å². The molecule has 176 valence electrons. The molecular formula is C27H26F2N2O3. The van der Waals surface area contributed by atoms with Crippen molar-refractivity contribution in [3.05, 3.63) is 102 Å². The summed E-state index contributed by atoms with van der Waals surface area (Å²) >= 11 is 0. The van der Waals surface area contributed by atoms with E-state index in [0.29, 0.717) is 24.9 Å². The van der Waals surface area contributed by atoms with Crippen LogP contribution < -0.4 is 5.32 Å². The predicted octanol–water partition coefficient (Wildman–Crippen LogP) is 5.74. The molecule has 4 rings (SSSR count). The van der Waals surface area contributed by atoms with Crippen molar-refractivity contribution < 1.29 is 23.1 Å². The molecule has 1 heterocycles. The van der Waals surface area contributed by atoms with Gasteiger partial charge in [0.15, 0.2) is 0 Å². The SMILES string of the molecule is O=C1OCCN1C(=O)[C@H](CCCc1ccc(F)cc1)[C@H](Nc1ccc(F)cc1)c1ccccc1. The van der Waals surface area contributed by atoms with Crippen LogP contribution in [0.3, 0.4) is 0 Å². The average Bonchev–Trinajstić information content (AvgIpc) is 3.29. The third-order valence-corrected chi connectivity index (χ3v) is 5.97. The van der Waals surface area contributed by atoms with Gasteiger partial charge < -0.3 is 10.1 Å². The van der Waals surface area contributed by atoms with Crippen molar-refractivity contribution in [1.82, 2.24) is 4.90 Å². The number of halogens is 2. The lowest BCUT2D eigenvalue weighted by molar-refractivity contribution is -0.132. The Morgan fingerprint density at radius 3 is 2.21 bits per heavy atom. The van der Waals surface area contributed by atoms with Crippen LogP contribution in [0.2, 0.25) is 0 Å². The van der Waals surface area contributed by atoms with Crippen LogP contribution in [-0.2, 0) is 16.0 Å². The van der Waals surface area contributed by atoms with Gasteiger partial charge in [0, 0.05) is 5.69 Å². The highest BCUT2D eigenvalue weighted by Crippen LogP contribution is 2.33. The molecule has 0 unspecified atom stereocenters. The molecule has 1 aliphatic heterocycles. The molecule has 3 aromatic rings. The number of hydrogen-bond acceptors (Lipinski definition) is 4. The summed E-state index contributed by atoms with van der Waals surface area (Å²) in [4.78, 5) is 26.9. The van der Waals surface area contributed by atoms with Gasteiger partial charge in [-0.1, -0.05) is 42.5 Å². The number of anilines is 1. The number of cyclic esters (lactones) is 1. The average molecular weight is 465 g/mol. The number of nitrogens with one attached hydrogen (secondary N) is 1. The Balaban J connectivity index is 1.61. The lowest BCUT2D eigenvalue weighted by atomic mass is 9.86. The first-order chi connectivity index (χ1) is 16.5. The second-order valence-electron chi connectivity index (χ2n) is 8.27. The van der Waals surface area contributed by atoms with Gasteiger partial charge in [0.2, 0.25) is 5.91 Å². The summed E-state index contributed by atoms with van der Waals surface area (Å²) in [7, 11) is 0. The highest BCUT2D eigenvalue weighted by atomic mass is 19.1. The van der Waals surface area contributed by atoms with Gasteiger partial charge in [0.1, 0.15) is 18.2 Å². The molecule has 1 fully saturated rings. The van der Waals surface area contributed by atoms with E-state index in [1.54, 1.807) is 24.3 Å². The molecule has 34 heavy (non-hydrogen) atoms. The fraction of sp³-hybridized carbons (Fsp3) is 0.259. The second-order valence-corrected chi connectivity index (χ2v) is 8.27. The number of amides is 2. The van der Waals surface area contributed by atoms with Gasteiger partial charge in [0.25, 0.3) is 0 Å². The number of nitrogens with zero attached hydrogens (tertiary/aromatic N) is 1. The van der Waals surface area contributed by atoms with E-state index in [2.05, 4.69) is 5.32 Å². The molecule has 0 spiro atoms. The first-order valence-corrected chi connectivity index (χ1v) is 11.3. The van der Waals surface area contributed by atoms with Crippen molar-refractivity contribution in [2.75, 3.05) is 18.5 Å². The topological polar surface area (TPSA) is 58.6 Å². The fourth-order valence-corrected chi connectivity index (χ4v) is 4.21. The molecule has 1 aliphatic rings. The minimum atomic E-state index is -0.637. The molecular weight excluding hydrogens is 438 g/mol. The quantitative estimate of drug-likeness (QED) is 0.439. The van der Waals surface area contributed by atoms with E-state index in [1.165, 1.54) is 24.3 Å². The van der Waals surface area contributed by atoms with Crippen LogP contribution in [0.1, 0.15) is 30.0 Å². The van der Waals surface area contributed by atoms with Crippen LogP contribution in [0.5, 0.6) is 0 Å². The van der Waals surface area contributed by atoms with Gasteiger partial charge in [-0.05, 0) is 66.8 Å². The van der Waals surface area contributed by atoms with Crippen LogP contribution in [0.15, 0.2) is 78.9 Å². The molecule has 1 N–H and O–H groups in total. The minimum Gasteiger partial charge on any atom is -0.447 e. The van der Waals surface area contributed by atoms with E-state index in [4.69, 9.17) is 4.74 Å². The van der Waals surface area contributed by atoms with E-state index >= 15 is 0 Å². The van der Waals surface area contributed by atoms with Gasteiger partial charge in [-0.2, -0.15) is 0 Å². The van der Waals surface area contributed by atoms with Crippen molar-refractivity contribution in [3.63, 3.8) is 0 Å². The number of rotatable bonds is 9. The lowest BCUT2D eigenvalue weighted by Crippen LogP contribution is -2.41. The fourth-order valence-electron chi connectivity index (χ4n) is 4.21. The van der Waals surface area contributed by atoms with E-state index < -0.39 is 18.1 Å². The Hall–Kier alpha value is -3.74. The number of ether oxygens (including phenoxy) is 1.